The molecule has 3 heteroatoms. The van der Waals surface area contributed by atoms with Gasteiger partial charge < -0.3 is 10.1 Å². The van der Waals surface area contributed by atoms with Crippen LogP contribution in [0.5, 0.6) is 0 Å². The molecular formula is C11H21NOS. The van der Waals surface area contributed by atoms with Crippen LogP contribution in [0.15, 0.2) is 12.8 Å². The molecule has 0 bridgehead atoms. The summed E-state index contributed by atoms with van der Waals surface area (Å²) in [7, 11) is 0. The van der Waals surface area contributed by atoms with Crippen molar-refractivity contribution in [3.8, 4) is 0 Å². The summed E-state index contributed by atoms with van der Waals surface area (Å²) in [5.74, 6) is 2.38. The number of hydrogen-bond donors (Lipinski definition) is 1. The normalized spacial score (nSPS) is 26.4. The number of hydrogen-bond acceptors (Lipinski definition) is 3. The first kappa shape index (κ1) is 11.9. The highest BCUT2D eigenvalue weighted by Gasteiger charge is 2.20. The molecule has 0 aromatic carbocycles. The summed E-state index contributed by atoms with van der Waals surface area (Å²) in [5.41, 5.74) is 0. The monoisotopic (exact) mass is 215 g/mol. The Kier molecular flexibility index (Phi) is 6.12. The van der Waals surface area contributed by atoms with E-state index in [9.17, 15) is 0 Å². The fourth-order valence-corrected chi connectivity index (χ4v) is 2.62. The second-order valence-electron chi connectivity index (χ2n) is 3.73. The summed E-state index contributed by atoms with van der Waals surface area (Å²) in [6, 6.07) is 0. The summed E-state index contributed by atoms with van der Waals surface area (Å²) in [6.45, 7) is 6.82. The van der Waals surface area contributed by atoms with E-state index in [4.69, 9.17) is 4.74 Å². The van der Waals surface area contributed by atoms with Crippen LogP contribution in [0.1, 0.15) is 26.2 Å². The van der Waals surface area contributed by atoms with E-state index in [-0.39, 0.29) is 0 Å². The van der Waals surface area contributed by atoms with Crippen LogP contribution < -0.4 is 5.32 Å². The van der Waals surface area contributed by atoms with Gasteiger partial charge in [-0.05, 0) is 38.1 Å². The van der Waals surface area contributed by atoms with Gasteiger partial charge in [0.15, 0.2) is 0 Å². The number of rotatable bonds is 7. The lowest BCUT2D eigenvalue weighted by Gasteiger charge is -2.10. The molecule has 1 saturated heterocycles. The molecule has 1 aliphatic heterocycles. The molecule has 1 N–H and O–H groups in total. The predicted octanol–water partition coefficient (Wildman–Crippen LogP) is 2.41. The van der Waals surface area contributed by atoms with E-state index >= 15 is 0 Å². The molecule has 2 nitrogen and oxygen atoms in total. The molecule has 0 aromatic rings. The molecule has 0 saturated carbocycles. The smallest absolute Gasteiger partial charge is 0.0670 e. The van der Waals surface area contributed by atoms with Crippen molar-refractivity contribution in [2.24, 2.45) is 0 Å². The summed E-state index contributed by atoms with van der Waals surface area (Å²) >= 11 is 2.00. The fourth-order valence-electron chi connectivity index (χ4n) is 1.60. The lowest BCUT2D eigenvalue weighted by molar-refractivity contribution is 0.0700. The predicted molar refractivity (Wildman–Crippen MR) is 63.7 cm³/mol. The van der Waals surface area contributed by atoms with E-state index in [1.54, 1.807) is 6.20 Å². The van der Waals surface area contributed by atoms with Crippen LogP contribution in [0.25, 0.3) is 0 Å². The minimum Gasteiger partial charge on any atom is -0.391 e. The van der Waals surface area contributed by atoms with Gasteiger partial charge >= 0.3 is 0 Å². The molecule has 0 aromatic heterocycles. The van der Waals surface area contributed by atoms with Crippen LogP contribution in [0.3, 0.4) is 0 Å². The zero-order chi connectivity index (χ0) is 10.2. The topological polar surface area (TPSA) is 21.3 Å². The third-order valence-corrected chi connectivity index (χ3v) is 3.56. The minimum atomic E-state index is 0.489. The molecule has 82 valence electrons. The van der Waals surface area contributed by atoms with Crippen molar-refractivity contribution in [1.82, 2.24) is 5.32 Å². The van der Waals surface area contributed by atoms with E-state index < -0.39 is 0 Å². The molecule has 2 unspecified atom stereocenters. The zero-order valence-electron chi connectivity index (χ0n) is 9.00. The van der Waals surface area contributed by atoms with E-state index in [0.29, 0.717) is 12.2 Å². The molecule has 14 heavy (non-hydrogen) atoms. The van der Waals surface area contributed by atoms with E-state index in [0.717, 1.165) is 6.54 Å². The Morgan fingerprint density at radius 3 is 3.07 bits per heavy atom. The Labute approximate surface area is 91.5 Å². The second-order valence-corrected chi connectivity index (χ2v) is 4.88. The highest BCUT2D eigenvalue weighted by molar-refractivity contribution is 7.99. The molecular weight excluding hydrogens is 194 g/mol. The summed E-state index contributed by atoms with van der Waals surface area (Å²) in [6.07, 6.45) is 6.46. The van der Waals surface area contributed by atoms with Crippen molar-refractivity contribution in [1.29, 1.82) is 0 Å². The van der Waals surface area contributed by atoms with E-state index in [2.05, 4.69) is 18.8 Å². The molecule has 0 amide bonds. The zero-order valence-corrected chi connectivity index (χ0v) is 9.81. The Bertz CT molecular complexity index is 163. The van der Waals surface area contributed by atoms with Crippen LogP contribution in [-0.4, -0.2) is 30.3 Å². The largest absolute Gasteiger partial charge is 0.391 e. The number of nitrogens with one attached hydrogen (secondary N) is 1. The van der Waals surface area contributed by atoms with Crippen molar-refractivity contribution < 1.29 is 4.74 Å². The fraction of sp³-hybridized carbons (Fsp3) is 0.818. The highest BCUT2D eigenvalue weighted by Crippen LogP contribution is 2.22. The van der Waals surface area contributed by atoms with Gasteiger partial charge in [-0.2, -0.15) is 11.8 Å². The summed E-state index contributed by atoms with van der Waals surface area (Å²) < 4.78 is 5.74. The van der Waals surface area contributed by atoms with Crippen molar-refractivity contribution >= 4 is 11.8 Å². The van der Waals surface area contributed by atoms with Gasteiger partial charge in [-0.25, -0.2) is 0 Å². The molecule has 2 atom stereocenters. The number of thioether (sulfide) groups is 1. The van der Waals surface area contributed by atoms with Crippen LogP contribution in [-0.2, 0) is 4.74 Å². The van der Waals surface area contributed by atoms with Gasteiger partial charge in [-0.3, -0.25) is 0 Å². The lowest BCUT2D eigenvalue weighted by atomic mass is 10.2. The Morgan fingerprint density at radius 2 is 2.43 bits per heavy atom. The van der Waals surface area contributed by atoms with Gasteiger partial charge in [0.2, 0.25) is 0 Å². The maximum Gasteiger partial charge on any atom is 0.0670 e. The van der Waals surface area contributed by atoms with Gasteiger partial charge in [0, 0.05) is 12.3 Å². The van der Waals surface area contributed by atoms with Crippen molar-refractivity contribution in [3.63, 3.8) is 0 Å². The van der Waals surface area contributed by atoms with Gasteiger partial charge in [0.1, 0.15) is 0 Å². The van der Waals surface area contributed by atoms with E-state index in [1.807, 2.05) is 11.8 Å². The minimum absolute atomic E-state index is 0.489. The molecule has 1 aliphatic rings. The second kappa shape index (κ2) is 7.18. The first-order valence-corrected chi connectivity index (χ1v) is 6.56. The average Bonchev–Trinajstić information content (AvgIpc) is 2.58. The quantitative estimate of drug-likeness (QED) is 0.659. The molecule has 1 rings (SSSR count). The Hall–Kier alpha value is -0.150. The first-order chi connectivity index (χ1) is 6.83. The van der Waals surface area contributed by atoms with Gasteiger partial charge in [0.05, 0.1) is 12.2 Å². The first-order valence-electron chi connectivity index (χ1n) is 5.40. The number of ether oxygens (including phenoxy) is 1. The maximum atomic E-state index is 5.74. The van der Waals surface area contributed by atoms with Crippen molar-refractivity contribution in [2.45, 2.75) is 38.4 Å². The molecule has 1 heterocycles. The summed E-state index contributed by atoms with van der Waals surface area (Å²) in [5, 5.41) is 3.10. The molecule has 0 spiro atoms. The molecule has 1 fully saturated rings. The third-order valence-electron chi connectivity index (χ3n) is 2.38. The van der Waals surface area contributed by atoms with Crippen LogP contribution in [0.4, 0.5) is 0 Å². The van der Waals surface area contributed by atoms with E-state index in [1.165, 1.54) is 30.8 Å². The Balaban J connectivity index is 1.86. The SMILES string of the molecule is C=CNCCCSCC1CCC(C)O1. The van der Waals surface area contributed by atoms with Gasteiger partial charge in [0.25, 0.3) is 0 Å². The maximum absolute atomic E-state index is 5.74. The lowest BCUT2D eigenvalue weighted by Crippen LogP contribution is -2.12. The molecule has 0 aliphatic carbocycles. The van der Waals surface area contributed by atoms with Crippen molar-refractivity contribution in [3.05, 3.63) is 12.8 Å². The highest BCUT2D eigenvalue weighted by atomic mass is 32.2. The average molecular weight is 215 g/mol. The van der Waals surface area contributed by atoms with Crippen molar-refractivity contribution in [2.75, 3.05) is 18.1 Å². The van der Waals surface area contributed by atoms with Crippen LogP contribution in [0.2, 0.25) is 0 Å². The summed E-state index contributed by atoms with van der Waals surface area (Å²) in [4.78, 5) is 0. The van der Waals surface area contributed by atoms with Gasteiger partial charge in [-0.1, -0.05) is 6.58 Å². The standard InChI is InChI=1S/C11H21NOS/c1-3-12-7-4-8-14-9-11-6-5-10(2)13-11/h3,10-12H,1,4-9H2,2H3. The van der Waals surface area contributed by atoms with Gasteiger partial charge in [-0.15, -0.1) is 0 Å². The molecule has 0 radical (unpaired) electrons. The third kappa shape index (κ3) is 4.91. The Morgan fingerprint density at radius 1 is 1.57 bits per heavy atom. The van der Waals surface area contributed by atoms with Crippen LogP contribution in [0, 0.1) is 0 Å². The van der Waals surface area contributed by atoms with Crippen LogP contribution >= 0.6 is 11.8 Å².